The van der Waals surface area contributed by atoms with E-state index in [0.717, 1.165) is 11.3 Å². The van der Waals surface area contributed by atoms with Crippen molar-refractivity contribution >= 4 is 28.5 Å². The number of carbonyl (C=O) groups excluding carboxylic acids is 2. The van der Waals surface area contributed by atoms with Crippen molar-refractivity contribution < 1.29 is 18.7 Å². The standard InChI is InChI=1S/C22H20N6O4/c29-19(13-15-5-7-16(8-6-15)28-14-23-25-26-28)24-20-17-3-1-2-4-18(17)32-21(20)22(30)27-9-11-31-12-10-27/h1-8,14H,9-13H2,(H,24,29). The van der Waals surface area contributed by atoms with E-state index in [4.69, 9.17) is 9.15 Å². The van der Waals surface area contributed by atoms with Crippen LogP contribution in [0, 0.1) is 0 Å². The van der Waals surface area contributed by atoms with Crippen LogP contribution >= 0.6 is 0 Å². The van der Waals surface area contributed by atoms with Gasteiger partial charge >= 0.3 is 0 Å². The lowest BCUT2D eigenvalue weighted by atomic mass is 10.1. The van der Waals surface area contributed by atoms with Gasteiger partial charge in [-0.3, -0.25) is 9.59 Å². The summed E-state index contributed by atoms with van der Waals surface area (Å²) in [5, 5.41) is 14.7. The van der Waals surface area contributed by atoms with Crippen molar-refractivity contribution in [2.75, 3.05) is 31.6 Å². The van der Waals surface area contributed by atoms with Gasteiger partial charge in [-0.1, -0.05) is 24.3 Å². The van der Waals surface area contributed by atoms with Crippen LogP contribution < -0.4 is 5.32 Å². The molecule has 2 aromatic heterocycles. The summed E-state index contributed by atoms with van der Waals surface area (Å²) in [7, 11) is 0. The lowest BCUT2D eigenvalue weighted by Gasteiger charge is -2.26. The number of aromatic nitrogens is 4. The summed E-state index contributed by atoms with van der Waals surface area (Å²) >= 11 is 0. The first-order valence-corrected chi connectivity index (χ1v) is 10.2. The molecule has 0 bridgehead atoms. The molecule has 2 amide bonds. The monoisotopic (exact) mass is 432 g/mol. The number of furan rings is 1. The quantitative estimate of drug-likeness (QED) is 0.513. The van der Waals surface area contributed by atoms with E-state index in [2.05, 4.69) is 20.8 Å². The van der Waals surface area contributed by atoms with Crippen molar-refractivity contribution in [3.05, 3.63) is 66.2 Å². The minimum absolute atomic E-state index is 0.135. The average Bonchev–Trinajstić information content (AvgIpc) is 3.49. The molecule has 0 radical (unpaired) electrons. The Morgan fingerprint density at radius 1 is 1.03 bits per heavy atom. The summed E-state index contributed by atoms with van der Waals surface area (Å²) in [6.45, 7) is 1.93. The number of morpholine rings is 1. The van der Waals surface area contributed by atoms with Crippen molar-refractivity contribution in [1.82, 2.24) is 25.1 Å². The Kier molecular flexibility index (Phi) is 5.34. The summed E-state index contributed by atoms with van der Waals surface area (Å²) in [4.78, 5) is 27.6. The van der Waals surface area contributed by atoms with E-state index in [-0.39, 0.29) is 24.0 Å². The summed E-state index contributed by atoms with van der Waals surface area (Å²) in [6, 6.07) is 14.6. The van der Waals surface area contributed by atoms with E-state index in [9.17, 15) is 9.59 Å². The summed E-state index contributed by atoms with van der Waals surface area (Å²) in [5.74, 6) is -0.371. The molecule has 1 fully saturated rings. The first kappa shape index (κ1) is 19.9. The fraction of sp³-hybridized carbons (Fsp3) is 0.227. The van der Waals surface area contributed by atoms with Crippen LogP contribution in [-0.4, -0.2) is 63.2 Å². The van der Waals surface area contributed by atoms with E-state index >= 15 is 0 Å². The van der Waals surface area contributed by atoms with E-state index in [1.54, 1.807) is 11.0 Å². The number of rotatable bonds is 5. The molecule has 1 N–H and O–H groups in total. The summed E-state index contributed by atoms with van der Waals surface area (Å²) in [6.07, 6.45) is 1.64. The number of hydrogen-bond acceptors (Lipinski definition) is 7. The van der Waals surface area contributed by atoms with Crippen LogP contribution in [0.3, 0.4) is 0 Å². The van der Waals surface area contributed by atoms with Crippen molar-refractivity contribution in [2.24, 2.45) is 0 Å². The molecule has 1 saturated heterocycles. The Balaban J connectivity index is 1.37. The van der Waals surface area contributed by atoms with Crippen molar-refractivity contribution in [3.63, 3.8) is 0 Å². The van der Waals surface area contributed by atoms with E-state index in [1.807, 2.05) is 42.5 Å². The Labute approximate surface area is 182 Å². The topological polar surface area (TPSA) is 115 Å². The van der Waals surface area contributed by atoms with Gasteiger partial charge in [-0.25, -0.2) is 4.68 Å². The van der Waals surface area contributed by atoms with E-state index < -0.39 is 0 Å². The van der Waals surface area contributed by atoms with Gasteiger partial charge in [0.1, 0.15) is 17.6 Å². The highest BCUT2D eigenvalue weighted by atomic mass is 16.5. The zero-order valence-corrected chi connectivity index (χ0v) is 17.1. The number of benzene rings is 2. The fourth-order valence-electron chi connectivity index (χ4n) is 3.65. The molecular formula is C22H20N6O4. The molecule has 1 aliphatic rings. The van der Waals surface area contributed by atoms with Crippen LogP contribution in [0.5, 0.6) is 0 Å². The molecule has 10 heteroatoms. The van der Waals surface area contributed by atoms with Gasteiger partial charge < -0.3 is 19.4 Å². The predicted molar refractivity (Wildman–Crippen MR) is 114 cm³/mol. The number of fused-ring (bicyclic) bond motifs is 1. The maximum atomic E-state index is 13.1. The zero-order chi connectivity index (χ0) is 21.9. The highest BCUT2D eigenvalue weighted by molar-refractivity contribution is 6.11. The van der Waals surface area contributed by atoms with E-state index in [0.29, 0.717) is 43.0 Å². The summed E-state index contributed by atoms with van der Waals surface area (Å²) < 4.78 is 12.7. The van der Waals surface area contributed by atoms with Crippen LogP contribution in [0.25, 0.3) is 16.7 Å². The van der Waals surface area contributed by atoms with Crippen molar-refractivity contribution in [1.29, 1.82) is 0 Å². The van der Waals surface area contributed by atoms with Gasteiger partial charge in [-0.15, -0.1) is 5.10 Å². The van der Waals surface area contributed by atoms with Crippen LogP contribution in [0.15, 0.2) is 59.3 Å². The number of carbonyl (C=O) groups is 2. The molecule has 0 saturated carbocycles. The highest BCUT2D eigenvalue weighted by Crippen LogP contribution is 2.32. The van der Waals surface area contributed by atoms with Crippen LogP contribution in [-0.2, 0) is 16.0 Å². The predicted octanol–water partition coefficient (Wildman–Crippen LogP) is 2.06. The Morgan fingerprint density at radius 2 is 1.81 bits per heavy atom. The molecule has 4 aromatic rings. The maximum Gasteiger partial charge on any atom is 0.291 e. The first-order chi connectivity index (χ1) is 15.7. The molecule has 1 aliphatic heterocycles. The van der Waals surface area contributed by atoms with Crippen LogP contribution in [0.1, 0.15) is 16.1 Å². The molecule has 5 rings (SSSR count). The van der Waals surface area contributed by atoms with Gasteiger partial charge in [-0.2, -0.15) is 0 Å². The zero-order valence-electron chi connectivity index (χ0n) is 17.1. The number of nitrogens with zero attached hydrogens (tertiary/aromatic N) is 5. The number of tetrazole rings is 1. The number of ether oxygens (including phenoxy) is 1. The lowest BCUT2D eigenvalue weighted by Crippen LogP contribution is -2.40. The van der Waals surface area contributed by atoms with Gasteiger partial charge in [0, 0.05) is 18.5 Å². The van der Waals surface area contributed by atoms with Gasteiger partial charge in [0.15, 0.2) is 0 Å². The molecule has 162 valence electrons. The number of para-hydroxylation sites is 1. The van der Waals surface area contributed by atoms with Crippen molar-refractivity contribution in [3.8, 4) is 5.69 Å². The average molecular weight is 432 g/mol. The van der Waals surface area contributed by atoms with E-state index in [1.165, 1.54) is 11.0 Å². The van der Waals surface area contributed by atoms with Crippen LogP contribution in [0.2, 0.25) is 0 Å². The Hall–Kier alpha value is -4.05. The molecule has 3 heterocycles. The molecule has 2 aromatic carbocycles. The van der Waals surface area contributed by atoms with Crippen LogP contribution in [0.4, 0.5) is 5.69 Å². The SMILES string of the molecule is O=C(Cc1ccc(-n2cnnn2)cc1)Nc1c(C(=O)N2CCOCC2)oc2ccccc12. The minimum atomic E-state index is -0.259. The smallest absolute Gasteiger partial charge is 0.291 e. The molecule has 0 atom stereocenters. The Morgan fingerprint density at radius 3 is 2.56 bits per heavy atom. The third-order valence-corrected chi connectivity index (χ3v) is 5.27. The highest BCUT2D eigenvalue weighted by Gasteiger charge is 2.27. The number of anilines is 1. The summed E-state index contributed by atoms with van der Waals surface area (Å²) in [5.41, 5.74) is 2.55. The first-order valence-electron chi connectivity index (χ1n) is 10.2. The Bertz CT molecular complexity index is 1240. The molecular weight excluding hydrogens is 412 g/mol. The van der Waals surface area contributed by atoms with Gasteiger partial charge in [-0.05, 0) is 40.3 Å². The van der Waals surface area contributed by atoms with Gasteiger partial charge in [0.2, 0.25) is 11.7 Å². The normalized spacial score (nSPS) is 13.9. The third kappa shape index (κ3) is 3.95. The molecule has 0 spiro atoms. The fourth-order valence-corrected chi connectivity index (χ4v) is 3.65. The third-order valence-electron chi connectivity index (χ3n) is 5.27. The van der Waals surface area contributed by atoms with Gasteiger partial charge in [0.05, 0.1) is 25.3 Å². The second-order valence-corrected chi connectivity index (χ2v) is 7.35. The molecule has 32 heavy (non-hydrogen) atoms. The lowest BCUT2D eigenvalue weighted by molar-refractivity contribution is -0.115. The number of hydrogen-bond donors (Lipinski definition) is 1. The minimum Gasteiger partial charge on any atom is -0.449 e. The van der Waals surface area contributed by atoms with Crippen molar-refractivity contribution in [2.45, 2.75) is 6.42 Å². The maximum absolute atomic E-state index is 13.1. The molecule has 0 aliphatic carbocycles. The number of amides is 2. The molecule has 10 nitrogen and oxygen atoms in total. The number of nitrogens with one attached hydrogen (secondary N) is 1. The molecule has 0 unspecified atom stereocenters. The van der Waals surface area contributed by atoms with Gasteiger partial charge in [0.25, 0.3) is 5.91 Å². The second-order valence-electron chi connectivity index (χ2n) is 7.35. The largest absolute Gasteiger partial charge is 0.449 e. The second kappa shape index (κ2) is 8.60.